The van der Waals surface area contributed by atoms with Crippen LogP contribution in [0.3, 0.4) is 0 Å². The van der Waals surface area contributed by atoms with Gasteiger partial charge in [-0.1, -0.05) is 12.1 Å². The molecule has 0 bridgehead atoms. The van der Waals surface area contributed by atoms with Gasteiger partial charge in [0, 0.05) is 33.7 Å². The lowest BCUT2D eigenvalue weighted by Gasteiger charge is -2.21. The Morgan fingerprint density at radius 3 is 2.86 bits per heavy atom. The Kier molecular flexibility index (Phi) is 7.63. The molecule has 2 N–H and O–H groups in total. The van der Waals surface area contributed by atoms with Crippen LogP contribution in [0.4, 0.5) is 5.69 Å². The summed E-state index contributed by atoms with van der Waals surface area (Å²) >= 11 is 0. The summed E-state index contributed by atoms with van der Waals surface area (Å²) in [7, 11) is 5.39. The van der Waals surface area contributed by atoms with E-state index in [1.54, 1.807) is 14.2 Å². The van der Waals surface area contributed by atoms with Gasteiger partial charge in [0.2, 0.25) is 0 Å². The molecule has 0 aliphatic carbocycles. The lowest BCUT2D eigenvalue weighted by molar-refractivity contribution is 0.414. The topological polar surface area (TPSA) is 48.9 Å². The van der Waals surface area contributed by atoms with Crippen LogP contribution < -0.4 is 20.3 Å². The van der Waals surface area contributed by atoms with Crippen LogP contribution in [0, 0.1) is 5.92 Å². The first kappa shape index (κ1) is 17.9. The summed E-state index contributed by atoms with van der Waals surface area (Å²) in [5.74, 6) is 2.43. The van der Waals surface area contributed by atoms with Crippen LogP contribution in [0.15, 0.2) is 29.3 Å². The lowest BCUT2D eigenvalue weighted by atomic mass is 10.1. The number of benzene rings is 1. The van der Waals surface area contributed by atoms with Crippen LogP contribution in [0.25, 0.3) is 0 Å². The molecule has 1 aromatic rings. The second-order valence-electron chi connectivity index (χ2n) is 4.98. The van der Waals surface area contributed by atoms with Gasteiger partial charge in [-0.15, -0.1) is 24.0 Å². The number of hydrogen-bond donors (Lipinski definition) is 2. The van der Waals surface area contributed by atoms with Gasteiger partial charge in [0.1, 0.15) is 5.75 Å². The number of aliphatic imine (C=N–C) groups is 1. The van der Waals surface area contributed by atoms with E-state index in [-0.39, 0.29) is 24.0 Å². The molecule has 0 amide bonds. The fraction of sp³-hybridized carbons (Fsp3) is 0.533. The van der Waals surface area contributed by atoms with Crippen LogP contribution in [0.5, 0.6) is 5.75 Å². The zero-order valence-corrected chi connectivity index (χ0v) is 15.3. The molecule has 2 rings (SSSR count). The van der Waals surface area contributed by atoms with Crippen LogP contribution >= 0.6 is 24.0 Å². The normalized spacial score (nSPS) is 18.1. The molecule has 1 saturated heterocycles. The van der Waals surface area contributed by atoms with E-state index in [0.717, 1.165) is 31.3 Å². The largest absolute Gasteiger partial charge is 0.495 e. The van der Waals surface area contributed by atoms with Crippen molar-refractivity contribution in [3.8, 4) is 5.75 Å². The van der Waals surface area contributed by atoms with Gasteiger partial charge in [0.25, 0.3) is 0 Å². The van der Waals surface area contributed by atoms with Crippen molar-refractivity contribution in [1.29, 1.82) is 0 Å². The highest BCUT2D eigenvalue weighted by molar-refractivity contribution is 14.0. The standard InChI is InChI=1S/C15H24N4O.HI/c1-16-15(17-2)18-10-12-8-9-19(11-12)13-6-4-5-7-14(13)20-3;/h4-7,12H,8-11H2,1-3H3,(H2,16,17,18);1H. The minimum Gasteiger partial charge on any atom is -0.495 e. The molecular formula is C15H25IN4O. The summed E-state index contributed by atoms with van der Waals surface area (Å²) in [5.41, 5.74) is 1.19. The van der Waals surface area contributed by atoms with Crippen molar-refractivity contribution in [1.82, 2.24) is 10.6 Å². The Labute approximate surface area is 144 Å². The van der Waals surface area contributed by atoms with E-state index < -0.39 is 0 Å². The highest BCUT2D eigenvalue weighted by Gasteiger charge is 2.24. The molecule has 1 fully saturated rings. The maximum Gasteiger partial charge on any atom is 0.190 e. The average molecular weight is 404 g/mol. The maximum absolute atomic E-state index is 5.44. The Bertz CT molecular complexity index is 467. The first-order valence-corrected chi connectivity index (χ1v) is 7.04. The number of hydrogen-bond acceptors (Lipinski definition) is 3. The monoisotopic (exact) mass is 404 g/mol. The molecule has 21 heavy (non-hydrogen) atoms. The van der Waals surface area contributed by atoms with Gasteiger partial charge in [-0.25, -0.2) is 0 Å². The number of ether oxygens (including phenoxy) is 1. The van der Waals surface area contributed by atoms with E-state index in [4.69, 9.17) is 4.74 Å². The second-order valence-corrected chi connectivity index (χ2v) is 4.98. The maximum atomic E-state index is 5.44. The third kappa shape index (κ3) is 4.66. The third-order valence-corrected chi connectivity index (χ3v) is 3.73. The van der Waals surface area contributed by atoms with Crippen LogP contribution in [0.1, 0.15) is 6.42 Å². The van der Waals surface area contributed by atoms with Gasteiger partial charge < -0.3 is 20.3 Å². The fourth-order valence-corrected chi connectivity index (χ4v) is 2.63. The van der Waals surface area contributed by atoms with E-state index in [0.29, 0.717) is 5.92 Å². The smallest absolute Gasteiger partial charge is 0.190 e. The zero-order valence-electron chi connectivity index (χ0n) is 12.9. The van der Waals surface area contributed by atoms with Crippen molar-refractivity contribution >= 4 is 35.6 Å². The van der Waals surface area contributed by atoms with Gasteiger partial charge in [0.05, 0.1) is 12.8 Å². The highest BCUT2D eigenvalue weighted by atomic mass is 127. The minimum absolute atomic E-state index is 0. The molecule has 0 spiro atoms. The summed E-state index contributed by atoms with van der Waals surface area (Å²) in [6.07, 6.45) is 1.19. The van der Waals surface area contributed by atoms with Crippen molar-refractivity contribution < 1.29 is 4.74 Å². The van der Waals surface area contributed by atoms with E-state index in [9.17, 15) is 0 Å². The van der Waals surface area contributed by atoms with E-state index in [1.807, 2.05) is 19.2 Å². The second kappa shape index (κ2) is 8.96. The summed E-state index contributed by atoms with van der Waals surface area (Å²) in [4.78, 5) is 6.53. The Hall–Kier alpha value is -1.18. The minimum atomic E-state index is 0. The number of para-hydroxylation sites is 2. The fourth-order valence-electron chi connectivity index (χ4n) is 2.63. The average Bonchev–Trinajstić information content (AvgIpc) is 2.97. The molecule has 1 atom stereocenters. The molecule has 1 aromatic carbocycles. The highest BCUT2D eigenvalue weighted by Crippen LogP contribution is 2.31. The third-order valence-electron chi connectivity index (χ3n) is 3.73. The van der Waals surface area contributed by atoms with Crippen LogP contribution in [-0.4, -0.2) is 46.8 Å². The SMILES string of the molecule is CN=C(NC)NCC1CCN(c2ccccc2OC)C1.I. The van der Waals surface area contributed by atoms with E-state index in [2.05, 4.69) is 32.7 Å². The molecule has 6 heteroatoms. The molecule has 5 nitrogen and oxygen atoms in total. The first-order chi connectivity index (χ1) is 9.78. The van der Waals surface area contributed by atoms with Crippen LogP contribution in [-0.2, 0) is 0 Å². The molecule has 1 aliphatic heterocycles. The predicted octanol–water partition coefficient (Wildman–Crippen LogP) is 1.93. The number of halogens is 1. The van der Waals surface area contributed by atoms with E-state index in [1.165, 1.54) is 12.1 Å². The molecule has 118 valence electrons. The molecule has 0 saturated carbocycles. The zero-order chi connectivity index (χ0) is 14.4. The molecular weight excluding hydrogens is 379 g/mol. The van der Waals surface area contributed by atoms with Gasteiger partial charge in [0.15, 0.2) is 5.96 Å². The first-order valence-electron chi connectivity index (χ1n) is 7.04. The number of nitrogens with one attached hydrogen (secondary N) is 2. The molecule has 0 aromatic heterocycles. The predicted molar refractivity (Wildman–Crippen MR) is 99.2 cm³/mol. The van der Waals surface area contributed by atoms with Crippen molar-refractivity contribution in [3.05, 3.63) is 24.3 Å². The Balaban J connectivity index is 0.00000220. The molecule has 1 heterocycles. The van der Waals surface area contributed by atoms with Gasteiger partial charge in [-0.2, -0.15) is 0 Å². The Morgan fingerprint density at radius 2 is 2.19 bits per heavy atom. The summed E-state index contributed by atoms with van der Waals surface area (Å²) in [5, 5.41) is 6.38. The summed E-state index contributed by atoms with van der Waals surface area (Å²) < 4.78 is 5.44. The van der Waals surface area contributed by atoms with Crippen molar-refractivity contribution in [2.24, 2.45) is 10.9 Å². The number of anilines is 1. The summed E-state index contributed by atoms with van der Waals surface area (Å²) in [6, 6.07) is 8.21. The lowest BCUT2D eigenvalue weighted by Crippen LogP contribution is -2.38. The molecule has 1 aliphatic rings. The van der Waals surface area contributed by atoms with Gasteiger partial charge in [-0.3, -0.25) is 4.99 Å². The molecule has 0 radical (unpaired) electrons. The van der Waals surface area contributed by atoms with Crippen molar-refractivity contribution in [2.75, 3.05) is 45.7 Å². The van der Waals surface area contributed by atoms with Gasteiger partial charge >= 0.3 is 0 Å². The number of guanidine groups is 1. The number of methoxy groups -OCH3 is 1. The summed E-state index contributed by atoms with van der Waals surface area (Å²) in [6.45, 7) is 3.07. The Morgan fingerprint density at radius 1 is 1.43 bits per heavy atom. The van der Waals surface area contributed by atoms with Crippen LogP contribution in [0.2, 0.25) is 0 Å². The quantitative estimate of drug-likeness (QED) is 0.458. The molecule has 1 unspecified atom stereocenters. The van der Waals surface area contributed by atoms with E-state index >= 15 is 0 Å². The number of rotatable bonds is 4. The van der Waals surface area contributed by atoms with Gasteiger partial charge in [-0.05, 0) is 24.5 Å². The van der Waals surface area contributed by atoms with Crippen molar-refractivity contribution in [2.45, 2.75) is 6.42 Å². The van der Waals surface area contributed by atoms with Crippen molar-refractivity contribution in [3.63, 3.8) is 0 Å². The number of nitrogens with zero attached hydrogens (tertiary/aromatic N) is 2.